The number of rotatable bonds is 1. The molecule has 0 spiro atoms. The molecule has 0 saturated heterocycles. The van der Waals surface area contributed by atoms with Gasteiger partial charge in [-0.15, -0.1) is 0 Å². The molecule has 0 aromatic heterocycles. The Kier molecular flexibility index (Phi) is 1.74. The summed E-state index contributed by atoms with van der Waals surface area (Å²) in [5, 5.41) is 0. The molecule has 0 radical (unpaired) electrons. The smallest absolute Gasteiger partial charge is 0.188 e. The molecule has 1 aliphatic rings. The Morgan fingerprint density at radius 2 is 1.62 bits per heavy atom. The highest BCUT2D eigenvalue weighted by Crippen LogP contribution is 2.46. The van der Waals surface area contributed by atoms with Gasteiger partial charge >= 0.3 is 0 Å². The molecule has 0 heterocycles. The molecule has 0 atom stereocenters. The van der Waals surface area contributed by atoms with Gasteiger partial charge in [0.15, 0.2) is 0 Å². The summed E-state index contributed by atoms with van der Waals surface area (Å²) in [6, 6.07) is 0. The SMILES string of the molecule is FP(F)C1C=CC=C1. The first-order chi connectivity index (χ1) is 3.80. The number of halogens is 2. The average Bonchev–Trinajstić information content (AvgIpc) is 2.12. The van der Waals surface area contributed by atoms with Crippen molar-refractivity contribution in [2.75, 3.05) is 0 Å². The van der Waals surface area contributed by atoms with Crippen molar-refractivity contribution in [3.63, 3.8) is 0 Å². The molecule has 0 bridgehead atoms. The van der Waals surface area contributed by atoms with Crippen molar-refractivity contribution < 1.29 is 8.39 Å². The lowest BCUT2D eigenvalue weighted by atomic mass is 10.5. The quantitative estimate of drug-likeness (QED) is 0.483. The summed E-state index contributed by atoms with van der Waals surface area (Å²) >= 11 is 0. The summed E-state index contributed by atoms with van der Waals surface area (Å²) in [5.41, 5.74) is -0.565. The molecule has 8 heavy (non-hydrogen) atoms. The van der Waals surface area contributed by atoms with E-state index in [1.54, 1.807) is 12.2 Å². The average molecular weight is 134 g/mol. The molecule has 0 N–H and O–H groups in total. The molecule has 0 aromatic rings. The van der Waals surface area contributed by atoms with Crippen molar-refractivity contribution in [3.8, 4) is 0 Å². The molecule has 0 unspecified atom stereocenters. The fourth-order valence-electron chi connectivity index (χ4n) is 0.550. The molecule has 0 amide bonds. The van der Waals surface area contributed by atoms with Crippen molar-refractivity contribution in [1.29, 1.82) is 0 Å². The van der Waals surface area contributed by atoms with Gasteiger partial charge in [-0.25, -0.2) is 0 Å². The maximum atomic E-state index is 11.7. The zero-order chi connectivity index (χ0) is 5.98. The minimum Gasteiger partial charge on any atom is -0.188 e. The Balaban J connectivity index is 2.49. The highest BCUT2D eigenvalue weighted by Gasteiger charge is 2.16. The Labute approximate surface area is 47.9 Å². The topological polar surface area (TPSA) is 0 Å². The second kappa shape index (κ2) is 2.36. The normalized spacial score (nSPS) is 18.9. The van der Waals surface area contributed by atoms with Crippen molar-refractivity contribution in [1.82, 2.24) is 0 Å². The predicted molar refractivity (Wildman–Crippen MR) is 31.2 cm³/mol. The van der Waals surface area contributed by atoms with E-state index >= 15 is 0 Å². The summed E-state index contributed by atoms with van der Waals surface area (Å²) < 4.78 is 23.4. The van der Waals surface area contributed by atoms with Gasteiger partial charge in [0, 0.05) is 0 Å². The fraction of sp³-hybridized carbons (Fsp3) is 0.200. The number of allylic oxidation sites excluding steroid dienone is 4. The van der Waals surface area contributed by atoms with E-state index in [4.69, 9.17) is 0 Å². The van der Waals surface area contributed by atoms with Gasteiger partial charge in [0.1, 0.15) is 0 Å². The molecule has 1 aliphatic carbocycles. The minimum atomic E-state index is -2.78. The molecule has 0 fully saturated rings. The molecule has 0 nitrogen and oxygen atoms in total. The van der Waals surface area contributed by atoms with Crippen LogP contribution in [0.3, 0.4) is 0 Å². The predicted octanol–water partition coefficient (Wildman–Crippen LogP) is 2.73. The van der Waals surface area contributed by atoms with Crippen molar-refractivity contribution >= 4 is 8.54 Å². The van der Waals surface area contributed by atoms with E-state index in [2.05, 4.69) is 0 Å². The maximum Gasteiger partial charge on any atom is 0.277 e. The summed E-state index contributed by atoms with van der Waals surface area (Å²) in [4.78, 5) is 0. The van der Waals surface area contributed by atoms with E-state index < -0.39 is 14.2 Å². The van der Waals surface area contributed by atoms with Gasteiger partial charge in [0.2, 0.25) is 0 Å². The van der Waals surface area contributed by atoms with Gasteiger partial charge in [0.05, 0.1) is 5.66 Å². The number of hydrogen-bond donors (Lipinski definition) is 0. The summed E-state index contributed by atoms with van der Waals surface area (Å²) in [5.74, 6) is 0. The standard InChI is InChI=1S/C5H5F2P/c6-8(7)5-3-1-2-4-5/h1-5H. The van der Waals surface area contributed by atoms with E-state index in [1.165, 1.54) is 12.2 Å². The Hall–Kier alpha value is -0.230. The van der Waals surface area contributed by atoms with Gasteiger partial charge in [0.25, 0.3) is 8.54 Å². The molecule has 0 aliphatic heterocycles. The van der Waals surface area contributed by atoms with Gasteiger partial charge in [-0.2, -0.15) is 8.39 Å². The van der Waals surface area contributed by atoms with Crippen LogP contribution in [0.15, 0.2) is 24.3 Å². The van der Waals surface area contributed by atoms with Crippen LogP contribution >= 0.6 is 8.54 Å². The van der Waals surface area contributed by atoms with Crippen LogP contribution in [0.2, 0.25) is 0 Å². The Morgan fingerprint density at radius 1 is 1.12 bits per heavy atom. The van der Waals surface area contributed by atoms with Gasteiger partial charge in [-0.05, 0) is 0 Å². The lowest BCUT2D eigenvalue weighted by Crippen LogP contribution is -1.84. The van der Waals surface area contributed by atoms with Crippen molar-refractivity contribution in [3.05, 3.63) is 24.3 Å². The third kappa shape index (κ3) is 1.13. The second-order valence-electron chi connectivity index (χ2n) is 1.52. The van der Waals surface area contributed by atoms with Crippen LogP contribution < -0.4 is 0 Å². The van der Waals surface area contributed by atoms with Crippen LogP contribution in [0.1, 0.15) is 0 Å². The Morgan fingerprint density at radius 3 is 1.88 bits per heavy atom. The Bertz CT molecular complexity index is 116. The van der Waals surface area contributed by atoms with Crippen molar-refractivity contribution in [2.24, 2.45) is 0 Å². The third-order valence-corrected chi connectivity index (χ3v) is 1.75. The van der Waals surface area contributed by atoms with Gasteiger partial charge < -0.3 is 0 Å². The van der Waals surface area contributed by atoms with Crippen LogP contribution in [-0.2, 0) is 0 Å². The zero-order valence-corrected chi connectivity index (χ0v) is 4.98. The van der Waals surface area contributed by atoms with E-state index in [0.717, 1.165) is 0 Å². The van der Waals surface area contributed by atoms with Crippen molar-refractivity contribution in [2.45, 2.75) is 5.66 Å². The minimum absolute atomic E-state index is 0.565. The van der Waals surface area contributed by atoms with E-state index in [1.807, 2.05) is 0 Å². The largest absolute Gasteiger partial charge is 0.277 e. The maximum absolute atomic E-state index is 11.7. The molecule has 44 valence electrons. The lowest BCUT2D eigenvalue weighted by molar-refractivity contribution is 0.737. The molecule has 0 aromatic carbocycles. The van der Waals surface area contributed by atoms with E-state index in [0.29, 0.717) is 0 Å². The second-order valence-corrected chi connectivity index (χ2v) is 2.63. The number of hydrogen-bond acceptors (Lipinski definition) is 0. The monoisotopic (exact) mass is 134 g/mol. The first-order valence-corrected chi connectivity index (χ1v) is 3.46. The van der Waals surface area contributed by atoms with E-state index in [-0.39, 0.29) is 0 Å². The van der Waals surface area contributed by atoms with Gasteiger partial charge in [-0.3, -0.25) is 0 Å². The molecular formula is C5H5F2P. The summed E-state index contributed by atoms with van der Waals surface area (Å²) in [7, 11) is -2.78. The fourth-order valence-corrected chi connectivity index (χ4v) is 1.01. The van der Waals surface area contributed by atoms with Crippen LogP contribution in [0.25, 0.3) is 0 Å². The van der Waals surface area contributed by atoms with Crippen LogP contribution in [0.4, 0.5) is 8.39 Å². The van der Waals surface area contributed by atoms with Crippen LogP contribution in [0, 0.1) is 0 Å². The molecule has 3 heteroatoms. The molecule has 0 saturated carbocycles. The first kappa shape index (κ1) is 5.90. The molecule has 1 rings (SSSR count). The van der Waals surface area contributed by atoms with E-state index in [9.17, 15) is 8.39 Å². The van der Waals surface area contributed by atoms with Gasteiger partial charge in [-0.1, -0.05) is 24.3 Å². The van der Waals surface area contributed by atoms with Crippen LogP contribution in [-0.4, -0.2) is 5.66 Å². The third-order valence-electron chi connectivity index (χ3n) is 0.953. The molecular weight excluding hydrogens is 129 g/mol. The highest BCUT2D eigenvalue weighted by molar-refractivity contribution is 7.47. The summed E-state index contributed by atoms with van der Waals surface area (Å²) in [6.45, 7) is 0. The summed E-state index contributed by atoms with van der Waals surface area (Å²) in [6.07, 6.45) is 6.34. The van der Waals surface area contributed by atoms with Crippen LogP contribution in [0.5, 0.6) is 0 Å². The lowest BCUT2D eigenvalue weighted by Gasteiger charge is -1.97. The first-order valence-electron chi connectivity index (χ1n) is 2.26. The highest BCUT2D eigenvalue weighted by atomic mass is 31.2. The zero-order valence-electron chi connectivity index (χ0n) is 4.09.